The molecule has 0 aliphatic rings. The van der Waals surface area contributed by atoms with Gasteiger partial charge in [0.25, 0.3) is 0 Å². The van der Waals surface area contributed by atoms with Gasteiger partial charge < -0.3 is 0 Å². The average Bonchev–Trinajstić information content (AvgIpc) is 2.15. The second-order valence-electron chi connectivity index (χ2n) is 2.59. The standard InChI is InChI=1S/C9H8O4S/c1-2-7-3-5-8(6-4-7)9(10)14(11,12)13/h2-6H,1H2,(H,11,12,13). The summed E-state index contributed by atoms with van der Waals surface area (Å²) in [6.07, 6.45) is 1.56. The third kappa shape index (κ3) is 2.27. The molecule has 4 nitrogen and oxygen atoms in total. The van der Waals surface area contributed by atoms with E-state index < -0.39 is 15.2 Å². The van der Waals surface area contributed by atoms with Crippen molar-refractivity contribution >= 4 is 21.3 Å². The fourth-order valence-corrected chi connectivity index (χ4v) is 1.34. The molecule has 0 heterocycles. The molecule has 74 valence electrons. The summed E-state index contributed by atoms with van der Waals surface area (Å²) in [5.74, 6) is 0. The van der Waals surface area contributed by atoms with E-state index in [4.69, 9.17) is 4.55 Å². The molecule has 0 amide bonds. The van der Waals surface area contributed by atoms with E-state index in [2.05, 4.69) is 6.58 Å². The molecule has 0 fully saturated rings. The van der Waals surface area contributed by atoms with Crippen LogP contribution < -0.4 is 0 Å². The smallest absolute Gasteiger partial charge is 0.279 e. The van der Waals surface area contributed by atoms with Crippen LogP contribution in [-0.4, -0.2) is 18.1 Å². The van der Waals surface area contributed by atoms with Gasteiger partial charge in [0.1, 0.15) is 0 Å². The summed E-state index contributed by atoms with van der Waals surface area (Å²) < 4.78 is 29.4. The van der Waals surface area contributed by atoms with Crippen molar-refractivity contribution in [3.05, 3.63) is 42.0 Å². The van der Waals surface area contributed by atoms with Crippen LogP contribution in [-0.2, 0) is 10.1 Å². The molecule has 1 aromatic carbocycles. The van der Waals surface area contributed by atoms with Crippen molar-refractivity contribution in [2.75, 3.05) is 0 Å². The number of hydrogen-bond donors (Lipinski definition) is 1. The molecule has 0 bridgehead atoms. The van der Waals surface area contributed by atoms with Crippen LogP contribution in [0.15, 0.2) is 30.8 Å². The normalized spacial score (nSPS) is 10.9. The quantitative estimate of drug-likeness (QED) is 0.751. The van der Waals surface area contributed by atoms with Crippen LogP contribution in [0.5, 0.6) is 0 Å². The molecule has 0 radical (unpaired) electrons. The van der Waals surface area contributed by atoms with E-state index in [1.54, 1.807) is 6.08 Å². The fourth-order valence-electron chi connectivity index (χ4n) is 0.904. The van der Waals surface area contributed by atoms with E-state index in [9.17, 15) is 13.2 Å². The van der Waals surface area contributed by atoms with Crippen LogP contribution >= 0.6 is 0 Å². The minimum Gasteiger partial charge on any atom is -0.279 e. The molecule has 0 aromatic heterocycles. The van der Waals surface area contributed by atoms with Gasteiger partial charge in [-0.15, -0.1) is 0 Å². The van der Waals surface area contributed by atoms with E-state index in [0.717, 1.165) is 5.56 Å². The minimum absolute atomic E-state index is 0.0712. The van der Waals surface area contributed by atoms with E-state index in [0.29, 0.717) is 0 Å². The van der Waals surface area contributed by atoms with Crippen LogP contribution in [0.25, 0.3) is 6.08 Å². The summed E-state index contributed by atoms with van der Waals surface area (Å²) in [7, 11) is -4.64. The van der Waals surface area contributed by atoms with E-state index in [1.807, 2.05) is 0 Å². The van der Waals surface area contributed by atoms with Gasteiger partial charge >= 0.3 is 15.2 Å². The zero-order chi connectivity index (χ0) is 10.8. The maximum absolute atomic E-state index is 11.0. The topological polar surface area (TPSA) is 71.4 Å². The Morgan fingerprint density at radius 2 is 1.79 bits per heavy atom. The second kappa shape index (κ2) is 3.73. The summed E-state index contributed by atoms with van der Waals surface area (Å²) in [6, 6.07) is 5.69. The van der Waals surface area contributed by atoms with Crippen LogP contribution in [0.3, 0.4) is 0 Å². The Kier molecular flexibility index (Phi) is 2.83. The predicted molar refractivity (Wildman–Crippen MR) is 52.4 cm³/mol. The summed E-state index contributed by atoms with van der Waals surface area (Å²) in [5, 5.41) is -1.30. The first-order valence-corrected chi connectivity index (χ1v) is 5.13. The molecule has 0 atom stereocenters. The Balaban J connectivity index is 3.11. The van der Waals surface area contributed by atoms with Gasteiger partial charge in [0, 0.05) is 5.56 Å². The Bertz CT molecular complexity index is 456. The number of rotatable bonds is 2. The third-order valence-electron chi connectivity index (χ3n) is 1.62. The molecular weight excluding hydrogens is 204 g/mol. The highest BCUT2D eigenvalue weighted by Gasteiger charge is 2.19. The molecule has 0 saturated carbocycles. The summed E-state index contributed by atoms with van der Waals surface area (Å²) in [6.45, 7) is 3.50. The van der Waals surface area contributed by atoms with E-state index in [1.165, 1.54) is 24.3 Å². The third-order valence-corrected chi connectivity index (χ3v) is 2.32. The van der Waals surface area contributed by atoms with Crippen LogP contribution in [0.2, 0.25) is 0 Å². The summed E-state index contributed by atoms with van der Waals surface area (Å²) in [5.41, 5.74) is 0.690. The number of benzene rings is 1. The minimum atomic E-state index is -4.64. The van der Waals surface area contributed by atoms with Gasteiger partial charge in [-0.25, -0.2) is 0 Å². The molecule has 5 heteroatoms. The number of carbonyl (C=O) groups excluding carboxylic acids is 1. The van der Waals surface area contributed by atoms with E-state index >= 15 is 0 Å². The Labute approximate surface area is 81.6 Å². The molecule has 0 aliphatic carbocycles. The average molecular weight is 212 g/mol. The van der Waals surface area contributed by atoms with Crippen molar-refractivity contribution in [1.82, 2.24) is 0 Å². The lowest BCUT2D eigenvalue weighted by molar-refractivity contribution is 0.106. The van der Waals surface area contributed by atoms with Crippen molar-refractivity contribution in [3.63, 3.8) is 0 Å². The van der Waals surface area contributed by atoms with Crippen molar-refractivity contribution in [3.8, 4) is 0 Å². The fraction of sp³-hybridized carbons (Fsp3) is 0. The number of hydrogen-bond acceptors (Lipinski definition) is 3. The molecule has 0 spiro atoms. The van der Waals surface area contributed by atoms with Gasteiger partial charge in [-0.2, -0.15) is 8.42 Å². The molecule has 0 unspecified atom stereocenters. The molecule has 1 rings (SSSR count). The predicted octanol–water partition coefficient (Wildman–Crippen LogP) is 1.36. The first-order valence-electron chi connectivity index (χ1n) is 3.69. The zero-order valence-corrected chi connectivity index (χ0v) is 7.99. The van der Waals surface area contributed by atoms with Crippen molar-refractivity contribution in [1.29, 1.82) is 0 Å². The largest absolute Gasteiger partial charge is 0.333 e. The maximum Gasteiger partial charge on any atom is 0.333 e. The molecular formula is C9H8O4S. The van der Waals surface area contributed by atoms with Gasteiger partial charge in [-0.1, -0.05) is 24.8 Å². The Hall–Kier alpha value is -1.46. The van der Waals surface area contributed by atoms with Gasteiger partial charge in [0.15, 0.2) is 0 Å². The number of carbonyl (C=O) groups is 1. The monoisotopic (exact) mass is 212 g/mol. The van der Waals surface area contributed by atoms with Gasteiger partial charge in [0.2, 0.25) is 0 Å². The Morgan fingerprint density at radius 1 is 1.29 bits per heavy atom. The molecule has 14 heavy (non-hydrogen) atoms. The van der Waals surface area contributed by atoms with Crippen molar-refractivity contribution in [2.45, 2.75) is 0 Å². The van der Waals surface area contributed by atoms with Gasteiger partial charge in [-0.05, 0) is 17.7 Å². The first kappa shape index (κ1) is 10.6. The molecule has 0 saturated heterocycles. The Morgan fingerprint density at radius 3 is 2.14 bits per heavy atom. The highest BCUT2D eigenvalue weighted by atomic mass is 32.2. The van der Waals surface area contributed by atoms with Gasteiger partial charge in [-0.3, -0.25) is 9.35 Å². The van der Waals surface area contributed by atoms with E-state index in [-0.39, 0.29) is 5.56 Å². The highest BCUT2D eigenvalue weighted by Crippen LogP contribution is 2.08. The highest BCUT2D eigenvalue weighted by molar-refractivity contribution is 8.01. The summed E-state index contributed by atoms with van der Waals surface area (Å²) >= 11 is 0. The second-order valence-corrected chi connectivity index (χ2v) is 3.91. The van der Waals surface area contributed by atoms with Crippen molar-refractivity contribution in [2.24, 2.45) is 0 Å². The van der Waals surface area contributed by atoms with Crippen LogP contribution in [0.4, 0.5) is 0 Å². The summed E-state index contributed by atoms with van der Waals surface area (Å²) in [4.78, 5) is 11.0. The SMILES string of the molecule is C=Cc1ccc(C(=O)S(=O)(=O)O)cc1. The van der Waals surface area contributed by atoms with Crippen LogP contribution in [0.1, 0.15) is 15.9 Å². The first-order chi connectivity index (χ1) is 6.45. The lowest BCUT2D eigenvalue weighted by Crippen LogP contribution is -2.13. The van der Waals surface area contributed by atoms with Gasteiger partial charge in [0.05, 0.1) is 0 Å². The molecule has 1 N–H and O–H groups in total. The van der Waals surface area contributed by atoms with Crippen molar-refractivity contribution < 1.29 is 17.8 Å². The lowest BCUT2D eigenvalue weighted by Gasteiger charge is -1.97. The van der Waals surface area contributed by atoms with Crippen LogP contribution in [0, 0.1) is 0 Å². The maximum atomic E-state index is 11.0. The zero-order valence-electron chi connectivity index (χ0n) is 7.17. The molecule has 1 aromatic rings. The lowest BCUT2D eigenvalue weighted by atomic mass is 10.1. The molecule has 0 aliphatic heterocycles.